The molecule has 1 heterocycles. The summed E-state index contributed by atoms with van der Waals surface area (Å²) in [6, 6.07) is 17.9. The molecule has 2 aromatic rings. The summed E-state index contributed by atoms with van der Waals surface area (Å²) in [6.45, 7) is 5.12. The standard InChI is InChI=1S/C22H26N2O2S/c1-16(2)21(24-14-8-13-20(24)25)22(26)23-15-17-9-6-7-12-19(17)27-18-10-4-3-5-11-18/h3-7,9-12,16,21H,8,13-15H2,1-2H3,(H,23,26). The van der Waals surface area contributed by atoms with Gasteiger partial charge in [0.25, 0.3) is 0 Å². The predicted octanol–water partition coefficient (Wildman–Crippen LogP) is 4.10. The minimum absolute atomic E-state index is 0.0697. The Balaban J connectivity index is 1.68. The van der Waals surface area contributed by atoms with Gasteiger partial charge in [0.05, 0.1) is 0 Å². The Morgan fingerprint density at radius 2 is 1.81 bits per heavy atom. The molecule has 0 aromatic heterocycles. The van der Waals surface area contributed by atoms with Crippen LogP contribution in [-0.2, 0) is 16.1 Å². The summed E-state index contributed by atoms with van der Waals surface area (Å²) in [7, 11) is 0. The average Bonchev–Trinajstić information content (AvgIpc) is 3.07. The highest BCUT2D eigenvalue weighted by atomic mass is 32.2. The summed E-state index contributed by atoms with van der Waals surface area (Å²) in [4.78, 5) is 29.0. The lowest BCUT2D eigenvalue weighted by atomic mass is 10.0. The van der Waals surface area contributed by atoms with Gasteiger partial charge in [-0.3, -0.25) is 9.59 Å². The van der Waals surface area contributed by atoms with Crippen molar-refractivity contribution < 1.29 is 9.59 Å². The third kappa shape index (κ3) is 4.92. The van der Waals surface area contributed by atoms with Crippen LogP contribution >= 0.6 is 11.8 Å². The third-order valence-corrected chi connectivity index (χ3v) is 5.87. The average molecular weight is 383 g/mol. The summed E-state index contributed by atoms with van der Waals surface area (Å²) in [5.41, 5.74) is 1.08. The zero-order chi connectivity index (χ0) is 19.2. The fraction of sp³-hybridized carbons (Fsp3) is 0.364. The molecule has 1 aliphatic rings. The van der Waals surface area contributed by atoms with E-state index >= 15 is 0 Å². The summed E-state index contributed by atoms with van der Waals surface area (Å²) in [5, 5.41) is 3.06. The Morgan fingerprint density at radius 3 is 2.48 bits per heavy atom. The maximum atomic E-state index is 12.8. The molecule has 1 unspecified atom stereocenters. The van der Waals surface area contributed by atoms with E-state index in [1.165, 1.54) is 4.90 Å². The van der Waals surface area contributed by atoms with Crippen LogP contribution in [0.5, 0.6) is 0 Å². The maximum absolute atomic E-state index is 12.8. The molecular weight excluding hydrogens is 356 g/mol. The third-order valence-electron chi connectivity index (χ3n) is 4.74. The normalized spacial score (nSPS) is 15.2. The molecule has 0 spiro atoms. The molecule has 1 saturated heterocycles. The van der Waals surface area contributed by atoms with Gasteiger partial charge in [0.2, 0.25) is 11.8 Å². The van der Waals surface area contributed by atoms with E-state index in [0.29, 0.717) is 19.5 Å². The molecule has 0 aliphatic carbocycles. The number of rotatable bonds is 7. The molecule has 1 atom stereocenters. The van der Waals surface area contributed by atoms with Crippen molar-refractivity contribution in [1.82, 2.24) is 10.2 Å². The molecule has 3 rings (SSSR count). The molecule has 27 heavy (non-hydrogen) atoms. The van der Waals surface area contributed by atoms with Crippen LogP contribution in [0.1, 0.15) is 32.3 Å². The van der Waals surface area contributed by atoms with Gasteiger partial charge in [-0.05, 0) is 36.1 Å². The summed E-state index contributed by atoms with van der Waals surface area (Å²) < 4.78 is 0. The number of hydrogen-bond donors (Lipinski definition) is 1. The van der Waals surface area contributed by atoms with Crippen molar-refractivity contribution in [2.45, 2.75) is 49.1 Å². The molecular formula is C22H26N2O2S. The van der Waals surface area contributed by atoms with E-state index in [2.05, 4.69) is 23.5 Å². The maximum Gasteiger partial charge on any atom is 0.243 e. The number of amides is 2. The van der Waals surface area contributed by atoms with Crippen molar-refractivity contribution in [2.24, 2.45) is 5.92 Å². The first-order chi connectivity index (χ1) is 13.1. The fourth-order valence-corrected chi connectivity index (χ4v) is 4.38. The van der Waals surface area contributed by atoms with Crippen molar-refractivity contribution in [3.05, 3.63) is 60.2 Å². The minimum Gasteiger partial charge on any atom is -0.350 e. The van der Waals surface area contributed by atoms with Crippen LogP contribution in [0.2, 0.25) is 0 Å². The second kappa shape index (κ2) is 9.09. The first-order valence-electron chi connectivity index (χ1n) is 9.44. The van der Waals surface area contributed by atoms with Crippen LogP contribution in [0.4, 0.5) is 0 Å². The molecule has 0 radical (unpaired) electrons. The van der Waals surface area contributed by atoms with Crippen molar-refractivity contribution in [1.29, 1.82) is 0 Å². The van der Waals surface area contributed by atoms with E-state index in [0.717, 1.165) is 16.9 Å². The monoisotopic (exact) mass is 382 g/mol. The summed E-state index contributed by atoms with van der Waals surface area (Å²) in [6.07, 6.45) is 1.39. The van der Waals surface area contributed by atoms with Gasteiger partial charge in [-0.25, -0.2) is 0 Å². The van der Waals surface area contributed by atoms with Crippen LogP contribution in [0, 0.1) is 5.92 Å². The first-order valence-corrected chi connectivity index (χ1v) is 10.3. The topological polar surface area (TPSA) is 49.4 Å². The van der Waals surface area contributed by atoms with E-state index < -0.39 is 6.04 Å². The number of likely N-dealkylation sites (tertiary alicyclic amines) is 1. The van der Waals surface area contributed by atoms with Crippen LogP contribution in [0.15, 0.2) is 64.4 Å². The quantitative estimate of drug-likeness (QED) is 0.784. The van der Waals surface area contributed by atoms with E-state index in [4.69, 9.17) is 0 Å². The Bertz CT molecular complexity index is 792. The van der Waals surface area contributed by atoms with Gasteiger partial charge in [0.15, 0.2) is 0 Å². The lowest BCUT2D eigenvalue weighted by Crippen LogP contribution is -2.50. The number of benzene rings is 2. The SMILES string of the molecule is CC(C)C(C(=O)NCc1ccccc1Sc1ccccc1)N1CCCC1=O. The van der Waals surface area contributed by atoms with Crippen molar-refractivity contribution in [2.75, 3.05) is 6.54 Å². The highest BCUT2D eigenvalue weighted by Crippen LogP contribution is 2.30. The number of hydrogen-bond acceptors (Lipinski definition) is 3. The molecule has 1 fully saturated rings. The lowest BCUT2D eigenvalue weighted by Gasteiger charge is -2.30. The molecule has 1 N–H and O–H groups in total. The second-order valence-corrected chi connectivity index (χ2v) is 8.24. The molecule has 142 valence electrons. The molecule has 0 bridgehead atoms. The zero-order valence-electron chi connectivity index (χ0n) is 15.9. The Kier molecular flexibility index (Phi) is 6.56. The van der Waals surface area contributed by atoms with Crippen LogP contribution in [0.3, 0.4) is 0 Å². The highest BCUT2D eigenvalue weighted by Gasteiger charge is 2.34. The van der Waals surface area contributed by atoms with E-state index in [9.17, 15) is 9.59 Å². The Hall–Kier alpha value is -2.27. The van der Waals surface area contributed by atoms with Crippen molar-refractivity contribution in [3.8, 4) is 0 Å². The van der Waals surface area contributed by atoms with E-state index in [1.807, 2.05) is 50.2 Å². The van der Waals surface area contributed by atoms with Gasteiger partial charge >= 0.3 is 0 Å². The smallest absolute Gasteiger partial charge is 0.243 e. The van der Waals surface area contributed by atoms with E-state index in [1.54, 1.807) is 16.7 Å². The first kappa shape index (κ1) is 19.5. The Morgan fingerprint density at radius 1 is 1.11 bits per heavy atom. The molecule has 0 saturated carbocycles. The molecule has 2 amide bonds. The number of carbonyl (C=O) groups excluding carboxylic acids is 2. The van der Waals surface area contributed by atoms with Gasteiger partial charge in [0, 0.05) is 29.3 Å². The van der Waals surface area contributed by atoms with Gasteiger partial charge in [-0.15, -0.1) is 0 Å². The highest BCUT2D eigenvalue weighted by molar-refractivity contribution is 7.99. The van der Waals surface area contributed by atoms with Crippen molar-refractivity contribution in [3.63, 3.8) is 0 Å². The molecule has 4 nitrogen and oxygen atoms in total. The predicted molar refractivity (Wildman–Crippen MR) is 108 cm³/mol. The number of nitrogens with one attached hydrogen (secondary N) is 1. The number of nitrogens with zero attached hydrogens (tertiary/aromatic N) is 1. The number of carbonyl (C=O) groups is 2. The molecule has 5 heteroatoms. The largest absolute Gasteiger partial charge is 0.350 e. The fourth-order valence-electron chi connectivity index (χ4n) is 3.42. The van der Waals surface area contributed by atoms with Gasteiger partial charge in [-0.2, -0.15) is 0 Å². The van der Waals surface area contributed by atoms with Gasteiger partial charge in [-0.1, -0.05) is 62.0 Å². The molecule has 1 aliphatic heterocycles. The molecule has 2 aromatic carbocycles. The van der Waals surface area contributed by atoms with Crippen molar-refractivity contribution >= 4 is 23.6 Å². The zero-order valence-corrected chi connectivity index (χ0v) is 16.7. The minimum atomic E-state index is -0.395. The van der Waals surface area contributed by atoms with Crippen LogP contribution < -0.4 is 5.32 Å². The van der Waals surface area contributed by atoms with Gasteiger partial charge in [0.1, 0.15) is 6.04 Å². The van der Waals surface area contributed by atoms with Crippen LogP contribution in [0.25, 0.3) is 0 Å². The van der Waals surface area contributed by atoms with Crippen LogP contribution in [-0.4, -0.2) is 29.3 Å². The summed E-state index contributed by atoms with van der Waals surface area (Å²) in [5.74, 6) is 0.102. The Labute approximate surface area is 165 Å². The summed E-state index contributed by atoms with van der Waals surface area (Å²) >= 11 is 1.69. The second-order valence-electron chi connectivity index (χ2n) is 7.12. The lowest BCUT2D eigenvalue weighted by molar-refractivity contribution is -0.139. The van der Waals surface area contributed by atoms with Gasteiger partial charge < -0.3 is 10.2 Å². The van der Waals surface area contributed by atoms with E-state index in [-0.39, 0.29) is 17.7 Å².